The molecule has 0 atom stereocenters. The number of guanidine groups is 1. The van der Waals surface area contributed by atoms with E-state index in [1.54, 1.807) is 14.2 Å². The van der Waals surface area contributed by atoms with E-state index in [0.29, 0.717) is 6.61 Å². The largest absolute Gasteiger partial charge is 0.493 e. The smallest absolute Gasteiger partial charge is 0.191 e. The fourth-order valence-corrected chi connectivity index (χ4v) is 2.68. The van der Waals surface area contributed by atoms with E-state index in [0.717, 1.165) is 69.6 Å². The predicted octanol–water partition coefficient (Wildman–Crippen LogP) is 2.78. The third kappa shape index (κ3) is 12.1. The quantitative estimate of drug-likeness (QED) is 0.170. The molecule has 8 heteroatoms. The van der Waals surface area contributed by atoms with Crippen LogP contribution >= 0.6 is 24.0 Å². The molecule has 0 heterocycles. The molecule has 0 unspecified atom stereocenters. The summed E-state index contributed by atoms with van der Waals surface area (Å²) in [5.41, 5.74) is 1.23. The number of rotatable bonds is 14. The number of nitrogens with zero attached hydrogens (tertiary/aromatic N) is 2. The van der Waals surface area contributed by atoms with Crippen molar-refractivity contribution in [2.24, 2.45) is 4.99 Å². The zero-order valence-corrected chi connectivity index (χ0v) is 21.0. The van der Waals surface area contributed by atoms with E-state index >= 15 is 0 Å². The summed E-state index contributed by atoms with van der Waals surface area (Å²) in [6.07, 6.45) is 1.93. The van der Waals surface area contributed by atoms with E-state index in [1.165, 1.54) is 5.56 Å². The van der Waals surface area contributed by atoms with Crippen LogP contribution in [-0.2, 0) is 11.2 Å². The third-order valence-corrected chi connectivity index (χ3v) is 4.23. The van der Waals surface area contributed by atoms with Crippen LogP contribution in [0.2, 0.25) is 0 Å². The summed E-state index contributed by atoms with van der Waals surface area (Å²) >= 11 is 0. The zero-order chi connectivity index (χ0) is 20.6. The molecule has 0 saturated carbocycles. The Morgan fingerprint density at radius 3 is 2.55 bits per heavy atom. The molecule has 1 aromatic carbocycles. The molecule has 0 bridgehead atoms. The van der Waals surface area contributed by atoms with Crippen molar-refractivity contribution in [1.29, 1.82) is 0 Å². The van der Waals surface area contributed by atoms with Crippen molar-refractivity contribution in [3.05, 3.63) is 23.8 Å². The normalized spacial score (nSPS) is 11.2. The maximum atomic E-state index is 5.65. The first-order valence-electron chi connectivity index (χ1n) is 10.1. The standard InChI is InChI=1S/C21H38N4O3.HI/c1-6-22-21(24-13-14-25(3)15-16-26-4)23-12-8-9-18-10-11-19(27-5)20(17-18)28-7-2;/h10-11,17H,6-9,12-16H2,1-5H3,(H2,22,23,24);1H. The van der Waals surface area contributed by atoms with Gasteiger partial charge in [0.2, 0.25) is 0 Å². The van der Waals surface area contributed by atoms with Crippen LogP contribution in [0.3, 0.4) is 0 Å². The predicted molar refractivity (Wildman–Crippen MR) is 131 cm³/mol. The van der Waals surface area contributed by atoms with Gasteiger partial charge in [0.15, 0.2) is 17.5 Å². The van der Waals surface area contributed by atoms with Gasteiger partial charge < -0.3 is 29.7 Å². The van der Waals surface area contributed by atoms with Crippen molar-refractivity contribution in [3.8, 4) is 11.5 Å². The van der Waals surface area contributed by atoms with Gasteiger partial charge in [-0.2, -0.15) is 0 Å². The number of likely N-dealkylation sites (N-methyl/N-ethyl adjacent to an activating group) is 1. The van der Waals surface area contributed by atoms with Crippen LogP contribution in [-0.4, -0.2) is 78.1 Å². The van der Waals surface area contributed by atoms with E-state index in [1.807, 2.05) is 13.0 Å². The number of methoxy groups -OCH3 is 2. The molecular formula is C21H39IN4O3. The minimum absolute atomic E-state index is 0. The Balaban J connectivity index is 0.00000784. The van der Waals surface area contributed by atoms with E-state index in [4.69, 9.17) is 14.2 Å². The summed E-state index contributed by atoms with van der Waals surface area (Å²) < 4.78 is 16.1. The highest BCUT2D eigenvalue weighted by molar-refractivity contribution is 14.0. The summed E-state index contributed by atoms with van der Waals surface area (Å²) in [5.74, 6) is 2.45. The molecule has 1 aromatic rings. The van der Waals surface area contributed by atoms with Gasteiger partial charge in [-0.15, -0.1) is 24.0 Å². The molecule has 0 aliphatic rings. The van der Waals surface area contributed by atoms with Crippen LogP contribution in [0.15, 0.2) is 23.2 Å². The van der Waals surface area contributed by atoms with Crippen LogP contribution < -0.4 is 20.1 Å². The Morgan fingerprint density at radius 1 is 1.10 bits per heavy atom. The van der Waals surface area contributed by atoms with Gasteiger partial charge >= 0.3 is 0 Å². The lowest BCUT2D eigenvalue weighted by molar-refractivity contribution is 0.162. The average Bonchev–Trinajstić information content (AvgIpc) is 2.70. The summed E-state index contributed by atoms with van der Waals surface area (Å²) in [6.45, 7) is 9.77. The fraction of sp³-hybridized carbons (Fsp3) is 0.667. The molecule has 29 heavy (non-hydrogen) atoms. The summed E-state index contributed by atoms with van der Waals surface area (Å²) in [4.78, 5) is 6.91. The first-order valence-corrected chi connectivity index (χ1v) is 10.1. The first-order chi connectivity index (χ1) is 13.6. The number of aryl methyl sites for hydroxylation is 1. The highest BCUT2D eigenvalue weighted by atomic mass is 127. The number of aliphatic imine (C=N–C) groups is 1. The average molecular weight is 522 g/mol. The molecule has 7 nitrogen and oxygen atoms in total. The Hall–Kier alpha value is -1.26. The Morgan fingerprint density at radius 2 is 1.90 bits per heavy atom. The second-order valence-corrected chi connectivity index (χ2v) is 6.51. The molecule has 0 aromatic heterocycles. The van der Waals surface area contributed by atoms with Crippen LogP contribution in [0.1, 0.15) is 25.8 Å². The molecule has 168 valence electrons. The minimum Gasteiger partial charge on any atom is -0.493 e. The van der Waals surface area contributed by atoms with Crippen molar-refractivity contribution in [2.75, 3.05) is 67.2 Å². The highest BCUT2D eigenvalue weighted by Crippen LogP contribution is 2.28. The van der Waals surface area contributed by atoms with E-state index in [-0.39, 0.29) is 24.0 Å². The topological polar surface area (TPSA) is 67.4 Å². The van der Waals surface area contributed by atoms with Gasteiger partial charge in [0, 0.05) is 39.8 Å². The maximum absolute atomic E-state index is 5.65. The van der Waals surface area contributed by atoms with E-state index < -0.39 is 0 Å². The van der Waals surface area contributed by atoms with Crippen molar-refractivity contribution in [2.45, 2.75) is 26.7 Å². The molecule has 0 saturated heterocycles. The number of halogens is 1. The molecule has 1 rings (SSSR count). The molecular weight excluding hydrogens is 483 g/mol. The lowest BCUT2D eigenvalue weighted by atomic mass is 10.1. The lowest BCUT2D eigenvalue weighted by Gasteiger charge is -2.17. The molecule has 0 fully saturated rings. The van der Waals surface area contributed by atoms with Crippen molar-refractivity contribution in [3.63, 3.8) is 0 Å². The molecule has 0 radical (unpaired) electrons. The van der Waals surface area contributed by atoms with Crippen LogP contribution in [0.25, 0.3) is 0 Å². The maximum Gasteiger partial charge on any atom is 0.191 e. The van der Waals surface area contributed by atoms with Gasteiger partial charge in [-0.3, -0.25) is 4.99 Å². The molecule has 0 aliphatic heterocycles. The Kier molecular flexibility index (Phi) is 16.8. The minimum atomic E-state index is 0. The van der Waals surface area contributed by atoms with Crippen LogP contribution in [0.4, 0.5) is 0 Å². The monoisotopic (exact) mass is 522 g/mol. The zero-order valence-electron chi connectivity index (χ0n) is 18.6. The van der Waals surface area contributed by atoms with Crippen LogP contribution in [0, 0.1) is 0 Å². The fourth-order valence-electron chi connectivity index (χ4n) is 2.68. The van der Waals surface area contributed by atoms with E-state index in [2.05, 4.69) is 46.6 Å². The van der Waals surface area contributed by atoms with Gasteiger partial charge in [0.1, 0.15) is 0 Å². The van der Waals surface area contributed by atoms with Gasteiger partial charge in [-0.1, -0.05) is 6.07 Å². The number of hydrogen-bond donors (Lipinski definition) is 2. The van der Waals surface area contributed by atoms with Gasteiger partial charge in [0.05, 0.1) is 20.3 Å². The van der Waals surface area contributed by atoms with Crippen LogP contribution in [0.5, 0.6) is 11.5 Å². The SMILES string of the molecule is CCNC(=NCCCc1ccc(OC)c(OCC)c1)NCCN(C)CCOC.I. The van der Waals surface area contributed by atoms with Crippen molar-refractivity contribution >= 4 is 29.9 Å². The van der Waals surface area contributed by atoms with Gasteiger partial charge in [0.25, 0.3) is 0 Å². The van der Waals surface area contributed by atoms with Gasteiger partial charge in [-0.05, 0) is 51.4 Å². The summed E-state index contributed by atoms with van der Waals surface area (Å²) in [5, 5.41) is 6.69. The number of benzene rings is 1. The van der Waals surface area contributed by atoms with Crippen molar-refractivity contribution < 1.29 is 14.2 Å². The Bertz CT molecular complexity index is 573. The highest BCUT2D eigenvalue weighted by Gasteiger charge is 2.05. The lowest BCUT2D eigenvalue weighted by Crippen LogP contribution is -2.41. The summed E-state index contributed by atoms with van der Waals surface area (Å²) in [7, 11) is 5.48. The van der Waals surface area contributed by atoms with E-state index in [9.17, 15) is 0 Å². The number of nitrogens with one attached hydrogen (secondary N) is 2. The third-order valence-electron chi connectivity index (χ3n) is 4.23. The number of ether oxygens (including phenoxy) is 3. The second kappa shape index (κ2) is 17.6. The van der Waals surface area contributed by atoms with Crippen molar-refractivity contribution in [1.82, 2.24) is 15.5 Å². The second-order valence-electron chi connectivity index (χ2n) is 6.51. The first kappa shape index (κ1) is 27.7. The molecule has 2 N–H and O–H groups in total. The number of hydrogen-bond acceptors (Lipinski definition) is 5. The van der Waals surface area contributed by atoms with Gasteiger partial charge in [-0.25, -0.2) is 0 Å². The molecule has 0 amide bonds. The summed E-state index contributed by atoms with van der Waals surface area (Å²) in [6, 6.07) is 6.12. The Labute approximate surface area is 193 Å². The molecule has 0 spiro atoms. The molecule has 0 aliphatic carbocycles.